The fraction of sp³-hybridized carbons (Fsp3) is 0.176. The van der Waals surface area contributed by atoms with Gasteiger partial charge in [0, 0.05) is 24.3 Å². The molecule has 0 bridgehead atoms. The first-order valence-corrected chi connectivity index (χ1v) is 8.55. The minimum Gasteiger partial charge on any atom is -0.392 e. The summed E-state index contributed by atoms with van der Waals surface area (Å²) >= 11 is 7.53. The van der Waals surface area contributed by atoms with Crippen molar-refractivity contribution in [1.82, 2.24) is 4.98 Å². The van der Waals surface area contributed by atoms with Crippen molar-refractivity contribution in [2.45, 2.75) is 12.5 Å². The first-order chi connectivity index (χ1) is 11.6. The van der Waals surface area contributed by atoms with E-state index in [1.54, 1.807) is 24.5 Å². The Kier molecular flexibility index (Phi) is 5.11. The van der Waals surface area contributed by atoms with Crippen LogP contribution in [0.3, 0.4) is 0 Å². The predicted octanol–water partition coefficient (Wildman–Crippen LogP) is 3.12. The van der Waals surface area contributed by atoms with Crippen LogP contribution >= 0.6 is 22.9 Å². The summed E-state index contributed by atoms with van der Waals surface area (Å²) in [7, 11) is 0. The second-order valence-corrected chi connectivity index (χ2v) is 6.81. The third-order valence-corrected chi connectivity index (χ3v) is 5.05. The summed E-state index contributed by atoms with van der Waals surface area (Å²) in [6.07, 6.45) is 3.29. The van der Waals surface area contributed by atoms with Gasteiger partial charge in [0.2, 0.25) is 5.91 Å². The van der Waals surface area contributed by atoms with Crippen LogP contribution in [0.5, 0.6) is 0 Å². The molecule has 0 saturated carbocycles. The summed E-state index contributed by atoms with van der Waals surface area (Å²) in [4.78, 5) is 16.6. The van der Waals surface area contributed by atoms with Gasteiger partial charge in [-0.1, -0.05) is 35.9 Å². The third kappa shape index (κ3) is 3.42. The summed E-state index contributed by atoms with van der Waals surface area (Å²) in [6.45, 7) is 0.161. The van der Waals surface area contributed by atoms with E-state index in [1.165, 1.54) is 11.3 Å². The number of nitrogens with one attached hydrogen (secondary N) is 1. The Morgan fingerprint density at radius 2 is 2.08 bits per heavy atom. The number of amides is 1. The number of rotatable bonds is 5. The molecular formula is C17H16ClN3O2S. The Bertz CT molecular complexity index is 864. The average Bonchev–Trinajstić information content (AvgIpc) is 3.00. The minimum absolute atomic E-state index is 0.0314. The van der Waals surface area contributed by atoms with Gasteiger partial charge in [-0.25, -0.2) is 0 Å². The number of aromatic nitrogens is 1. The molecule has 1 amide bonds. The molecule has 2 heterocycles. The van der Waals surface area contributed by atoms with Gasteiger partial charge in [0.25, 0.3) is 0 Å². The smallest absolute Gasteiger partial charge is 0.233 e. The standard InChI is InChI=1S/C17H16ClN3O2S/c18-14-7-20-8-15-12(14)5-16(24-15)21-17(23)13(6-19)11-3-1-10(9-22)2-4-11/h1-5,7-8,13,22H,6,9,19H2,(H,21,23)/t13-/m1/s1. The highest BCUT2D eigenvalue weighted by Crippen LogP contribution is 2.34. The first-order valence-electron chi connectivity index (χ1n) is 7.36. The van der Waals surface area contributed by atoms with Gasteiger partial charge in [-0.15, -0.1) is 11.3 Å². The second kappa shape index (κ2) is 7.27. The maximum atomic E-state index is 12.6. The Hall–Kier alpha value is -1.99. The minimum atomic E-state index is -0.462. The van der Waals surface area contributed by atoms with E-state index in [-0.39, 0.29) is 19.1 Å². The molecule has 1 aromatic carbocycles. The molecule has 0 aliphatic heterocycles. The quantitative estimate of drug-likeness (QED) is 0.651. The van der Waals surface area contributed by atoms with Crippen LogP contribution in [0.1, 0.15) is 17.0 Å². The fourth-order valence-corrected chi connectivity index (χ4v) is 3.67. The van der Waals surface area contributed by atoms with E-state index in [4.69, 9.17) is 22.4 Å². The number of fused-ring (bicyclic) bond motifs is 1. The molecule has 24 heavy (non-hydrogen) atoms. The van der Waals surface area contributed by atoms with Crippen molar-refractivity contribution in [3.8, 4) is 0 Å². The number of nitrogens with two attached hydrogens (primary N) is 1. The van der Waals surface area contributed by atoms with E-state index in [0.29, 0.717) is 10.0 Å². The van der Waals surface area contributed by atoms with Gasteiger partial charge in [-0.05, 0) is 17.2 Å². The number of hydrogen-bond acceptors (Lipinski definition) is 5. The number of carbonyl (C=O) groups excluding carboxylic acids is 1. The zero-order valence-corrected chi connectivity index (χ0v) is 14.3. The van der Waals surface area contributed by atoms with E-state index >= 15 is 0 Å². The summed E-state index contributed by atoms with van der Waals surface area (Å²) in [6, 6.07) is 9.04. The lowest BCUT2D eigenvalue weighted by molar-refractivity contribution is -0.117. The van der Waals surface area contributed by atoms with Crippen LogP contribution in [-0.2, 0) is 11.4 Å². The zero-order valence-electron chi connectivity index (χ0n) is 12.7. The number of hydrogen-bond donors (Lipinski definition) is 3. The normalized spacial score (nSPS) is 12.3. The van der Waals surface area contributed by atoms with Crippen molar-refractivity contribution in [3.63, 3.8) is 0 Å². The van der Waals surface area contributed by atoms with Gasteiger partial charge in [0.05, 0.1) is 27.2 Å². The molecule has 0 spiro atoms. The number of benzene rings is 1. The molecule has 0 aliphatic rings. The topological polar surface area (TPSA) is 88.2 Å². The number of pyridine rings is 1. The number of aliphatic hydroxyl groups excluding tert-OH is 1. The number of aliphatic hydroxyl groups is 1. The molecule has 0 unspecified atom stereocenters. The van der Waals surface area contributed by atoms with Crippen molar-refractivity contribution in [2.75, 3.05) is 11.9 Å². The molecule has 0 aliphatic carbocycles. The van der Waals surface area contributed by atoms with Crippen molar-refractivity contribution in [1.29, 1.82) is 0 Å². The molecule has 3 rings (SSSR count). The molecule has 0 fully saturated rings. The van der Waals surface area contributed by atoms with Crippen molar-refractivity contribution in [2.24, 2.45) is 5.73 Å². The van der Waals surface area contributed by atoms with E-state index < -0.39 is 5.92 Å². The van der Waals surface area contributed by atoms with Gasteiger partial charge in [0.15, 0.2) is 0 Å². The highest BCUT2D eigenvalue weighted by molar-refractivity contribution is 7.23. The lowest BCUT2D eigenvalue weighted by Crippen LogP contribution is -2.27. The largest absolute Gasteiger partial charge is 0.392 e. The Labute approximate surface area is 148 Å². The van der Waals surface area contributed by atoms with Gasteiger partial charge < -0.3 is 16.2 Å². The molecule has 7 heteroatoms. The SMILES string of the molecule is NC[C@@H](C(=O)Nc1cc2c(Cl)cncc2s1)c1ccc(CO)cc1. The number of thiophene rings is 1. The molecule has 0 saturated heterocycles. The summed E-state index contributed by atoms with van der Waals surface area (Å²) < 4.78 is 0.911. The Morgan fingerprint density at radius 3 is 2.71 bits per heavy atom. The van der Waals surface area contributed by atoms with Crippen LogP contribution in [-0.4, -0.2) is 22.5 Å². The van der Waals surface area contributed by atoms with E-state index in [1.807, 2.05) is 18.2 Å². The molecule has 5 nitrogen and oxygen atoms in total. The van der Waals surface area contributed by atoms with Gasteiger partial charge in [0.1, 0.15) is 0 Å². The number of anilines is 1. The van der Waals surface area contributed by atoms with E-state index in [0.717, 1.165) is 21.2 Å². The van der Waals surface area contributed by atoms with Crippen LogP contribution in [0.2, 0.25) is 5.02 Å². The highest BCUT2D eigenvalue weighted by atomic mass is 35.5. The van der Waals surface area contributed by atoms with Gasteiger partial charge >= 0.3 is 0 Å². The molecule has 3 aromatic rings. The lowest BCUT2D eigenvalue weighted by Gasteiger charge is -2.15. The van der Waals surface area contributed by atoms with Crippen LogP contribution in [0, 0.1) is 0 Å². The monoisotopic (exact) mass is 361 g/mol. The summed E-state index contributed by atoms with van der Waals surface area (Å²) in [5.41, 5.74) is 7.40. The Balaban J connectivity index is 1.81. The lowest BCUT2D eigenvalue weighted by atomic mass is 9.97. The van der Waals surface area contributed by atoms with Crippen LogP contribution in [0.4, 0.5) is 5.00 Å². The molecule has 124 valence electrons. The highest BCUT2D eigenvalue weighted by Gasteiger charge is 2.20. The summed E-state index contributed by atoms with van der Waals surface area (Å²) in [5, 5.41) is 14.1. The van der Waals surface area contributed by atoms with Gasteiger partial charge in [-0.3, -0.25) is 9.78 Å². The molecular weight excluding hydrogens is 346 g/mol. The van der Waals surface area contributed by atoms with Crippen molar-refractivity contribution >= 4 is 43.9 Å². The van der Waals surface area contributed by atoms with Crippen molar-refractivity contribution in [3.05, 3.63) is 58.9 Å². The van der Waals surface area contributed by atoms with E-state index in [2.05, 4.69) is 10.3 Å². The number of carbonyl (C=O) groups is 1. The van der Waals surface area contributed by atoms with Crippen molar-refractivity contribution < 1.29 is 9.90 Å². The number of nitrogens with zero attached hydrogens (tertiary/aromatic N) is 1. The maximum absolute atomic E-state index is 12.6. The summed E-state index contributed by atoms with van der Waals surface area (Å²) in [5.74, 6) is -0.638. The fourth-order valence-electron chi connectivity index (χ4n) is 2.45. The second-order valence-electron chi connectivity index (χ2n) is 5.32. The first kappa shape index (κ1) is 16.9. The Morgan fingerprint density at radius 1 is 1.33 bits per heavy atom. The average molecular weight is 362 g/mol. The molecule has 4 N–H and O–H groups in total. The van der Waals surface area contributed by atoms with Crippen LogP contribution in [0.15, 0.2) is 42.7 Å². The van der Waals surface area contributed by atoms with Gasteiger partial charge in [-0.2, -0.15) is 0 Å². The van der Waals surface area contributed by atoms with E-state index in [9.17, 15) is 4.79 Å². The van der Waals surface area contributed by atoms with Crippen LogP contribution in [0.25, 0.3) is 10.1 Å². The number of halogens is 1. The van der Waals surface area contributed by atoms with Crippen LogP contribution < -0.4 is 11.1 Å². The molecule has 2 aromatic heterocycles. The maximum Gasteiger partial charge on any atom is 0.233 e. The molecule has 0 radical (unpaired) electrons. The predicted molar refractivity (Wildman–Crippen MR) is 97.4 cm³/mol. The molecule has 1 atom stereocenters. The zero-order chi connectivity index (χ0) is 17.1. The third-order valence-electron chi connectivity index (χ3n) is 3.76.